The van der Waals surface area contributed by atoms with E-state index in [9.17, 15) is 52.7 Å². The van der Waals surface area contributed by atoms with Gasteiger partial charge in [-0.15, -0.1) is 0 Å². The van der Waals surface area contributed by atoms with E-state index < -0.39 is 128 Å². The van der Waals surface area contributed by atoms with E-state index >= 15 is 0 Å². The first-order valence-electron chi connectivity index (χ1n) is 20.2. The van der Waals surface area contributed by atoms with Crippen molar-refractivity contribution in [2.75, 3.05) is 86.6 Å². The van der Waals surface area contributed by atoms with Crippen molar-refractivity contribution in [3.8, 4) is 23.0 Å². The molecule has 0 amide bonds. The average molecular weight is 965 g/mol. The van der Waals surface area contributed by atoms with E-state index in [1.165, 1.54) is 21.1 Å². The van der Waals surface area contributed by atoms with E-state index in [-0.39, 0.29) is 66.8 Å². The average Bonchev–Trinajstić information content (AvgIpc) is 3.72. The van der Waals surface area contributed by atoms with Crippen LogP contribution >= 0.6 is 0 Å². The summed E-state index contributed by atoms with van der Waals surface area (Å²) in [4.78, 5) is 132. The number of methoxy groups -OCH3 is 2. The first-order valence-corrected chi connectivity index (χ1v) is 20.2. The summed E-state index contributed by atoms with van der Waals surface area (Å²) < 4.78 is 54.9. The van der Waals surface area contributed by atoms with Gasteiger partial charge in [0.1, 0.15) is 53.3 Å². The van der Waals surface area contributed by atoms with Crippen molar-refractivity contribution in [1.29, 1.82) is 0 Å². The molecule has 2 aromatic rings. The number of rotatable bonds is 26. The van der Waals surface area contributed by atoms with E-state index in [4.69, 9.17) is 75.0 Å². The quantitative estimate of drug-likeness (QED) is 0.0268. The second kappa shape index (κ2) is 29.5. The Kier molecular flexibility index (Phi) is 24.8. The van der Waals surface area contributed by atoms with Crippen LogP contribution in [0.2, 0.25) is 0 Å². The lowest BCUT2D eigenvalue weighted by molar-refractivity contribution is -0.156. The lowest BCUT2D eigenvalue weighted by Crippen LogP contribution is -2.34. The minimum absolute atomic E-state index is 0.0827. The molecule has 0 aromatic heterocycles. The highest BCUT2D eigenvalue weighted by Crippen LogP contribution is 2.32. The SMILES string of the molecule is COCCOC(=O)C1CC(=O)OC1C(=O)CCOC(=O)c1cc(OC(=O)CN)c(C(C)=O)cc1OC(=O)CN.COCCOCCOC(=O)c1cc(OC(=O)CN)c(C(C)=O)cc1OC(=O)CN. The Morgan fingerprint density at radius 3 is 1.31 bits per heavy atom. The molecule has 2 unspecified atom stereocenters. The van der Waals surface area contributed by atoms with Gasteiger partial charge in [-0.25, -0.2) is 9.59 Å². The molecule has 8 N–H and O–H groups in total. The van der Waals surface area contributed by atoms with Crippen molar-refractivity contribution in [1.82, 2.24) is 0 Å². The fraction of sp³-hybridized carbons (Fsp3) is 0.452. The van der Waals surface area contributed by atoms with Gasteiger partial charge in [0, 0.05) is 20.6 Å². The number of nitrogens with two attached hydrogens (primary N) is 4. The van der Waals surface area contributed by atoms with Crippen LogP contribution in [-0.2, 0) is 66.7 Å². The Morgan fingerprint density at radius 2 is 0.897 bits per heavy atom. The maximum atomic E-state index is 12.8. The maximum Gasteiger partial charge on any atom is 0.342 e. The van der Waals surface area contributed by atoms with Crippen molar-refractivity contribution < 1.29 is 105 Å². The van der Waals surface area contributed by atoms with Gasteiger partial charge in [-0.2, -0.15) is 0 Å². The van der Waals surface area contributed by atoms with Crippen LogP contribution in [0, 0.1) is 5.92 Å². The Labute approximate surface area is 387 Å². The zero-order valence-electron chi connectivity index (χ0n) is 37.4. The van der Waals surface area contributed by atoms with E-state index in [1.54, 1.807) is 0 Å². The van der Waals surface area contributed by atoms with Crippen LogP contribution in [0.3, 0.4) is 0 Å². The zero-order chi connectivity index (χ0) is 50.9. The Morgan fingerprint density at radius 1 is 0.529 bits per heavy atom. The third kappa shape index (κ3) is 18.3. The Balaban J connectivity index is 0.000000488. The monoisotopic (exact) mass is 964 g/mol. The molecule has 372 valence electrons. The number of hydrogen-bond acceptors (Lipinski definition) is 26. The summed E-state index contributed by atoms with van der Waals surface area (Å²) in [5.74, 6) is -11.3. The Bertz CT molecular complexity index is 2190. The van der Waals surface area contributed by atoms with Crippen molar-refractivity contribution >= 4 is 65.1 Å². The number of cyclic esters (lactones) is 1. The molecule has 2 atom stereocenters. The molecule has 0 radical (unpaired) electrons. The van der Waals surface area contributed by atoms with Crippen LogP contribution in [0.1, 0.15) is 68.1 Å². The van der Waals surface area contributed by atoms with Gasteiger partial charge >= 0.3 is 47.8 Å². The summed E-state index contributed by atoms with van der Waals surface area (Å²) in [5.41, 5.74) is 20.0. The van der Waals surface area contributed by atoms with Crippen LogP contribution in [-0.4, -0.2) is 158 Å². The number of carbonyl (C=O) groups excluding carboxylic acids is 11. The van der Waals surface area contributed by atoms with E-state index in [0.29, 0.717) is 13.2 Å². The van der Waals surface area contributed by atoms with Gasteiger partial charge < -0.3 is 75.0 Å². The number of benzene rings is 2. The number of ketones is 3. The largest absolute Gasteiger partial charge is 0.463 e. The number of hydrogen-bond donors (Lipinski definition) is 4. The highest BCUT2D eigenvalue weighted by molar-refractivity contribution is 6.03. The smallest absolute Gasteiger partial charge is 0.342 e. The lowest BCUT2D eigenvalue weighted by Gasteiger charge is -2.16. The van der Waals surface area contributed by atoms with Gasteiger partial charge in [-0.3, -0.25) is 43.2 Å². The highest BCUT2D eigenvalue weighted by atomic mass is 16.6. The van der Waals surface area contributed by atoms with Gasteiger partial charge in [0.05, 0.1) is 76.8 Å². The second-order valence-corrected chi connectivity index (χ2v) is 13.5. The van der Waals surface area contributed by atoms with Gasteiger partial charge in [0.2, 0.25) is 0 Å². The summed E-state index contributed by atoms with van der Waals surface area (Å²) in [6, 6.07) is 4.10. The molecule has 3 rings (SSSR count). The van der Waals surface area contributed by atoms with Crippen LogP contribution in [0.5, 0.6) is 23.0 Å². The van der Waals surface area contributed by atoms with Crippen LogP contribution in [0.25, 0.3) is 0 Å². The van der Waals surface area contributed by atoms with Crippen molar-refractivity contribution in [2.45, 2.75) is 32.8 Å². The molecule has 0 saturated carbocycles. The minimum atomic E-state index is -1.43. The summed E-state index contributed by atoms with van der Waals surface area (Å²) in [5, 5.41) is 0. The number of carbonyl (C=O) groups is 11. The summed E-state index contributed by atoms with van der Waals surface area (Å²) in [7, 11) is 2.92. The molecule has 1 heterocycles. The van der Waals surface area contributed by atoms with Crippen LogP contribution in [0.4, 0.5) is 0 Å². The fourth-order valence-corrected chi connectivity index (χ4v) is 5.35. The molecule has 26 heteroatoms. The van der Waals surface area contributed by atoms with Gasteiger partial charge in [-0.05, 0) is 38.1 Å². The summed E-state index contributed by atoms with van der Waals surface area (Å²) >= 11 is 0. The fourth-order valence-electron chi connectivity index (χ4n) is 5.35. The van der Waals surface area contributed by atoms with E-state index in [0.717, 1.165) is 31.2 Å². The predicted molar refractivity (Wildman–Crippen MR) is 225 cm³/mol. The van der Waals surface area contributed by atoms with Crippen LogP contribution < -0.4 is 41.9 Å². The summed E-state index contributed by atoms with van der Waals surface area (Å²) in [6.07, 6.45) is -2.24. The number of Topliss-reactive ketones (excluding diaryl/α,β-unsaturated/α-hetero) is 3. The molecule has 1 fully saturated rings. The normalized spacial score (nSPS) is 13.7. The standard InChI is InChI=1S/C24H28N2O13.C18H24N2O9/c1-12(27)13-7-18(38-21(31)11-26)14(8-17(13)37-20(30)10-25)23(32)35-4-3-16(28)22-15(9-19(29)39-22)24(33)36-6-5-34-2;1-11(21)12-7-15(29-17(23)10-20)13(8-14(12)28-16(22)9-19)18(24)27-6-5-26-4-3-25-2/h7-8,15,22H,3-6,9-11,25-26H2,1-2H3;7-8H,3-6,9-10,19-20H2,1-2H3. The number of esters is 8. The molecule has 1 aliphatic heterocycles. The minimum Gasteiger partial charge on any atom is -0.463 e. The summed E-state index contributed by atoms with van der Waals surface area (Å²) in [6.45, 7) is 0.568. The number of ether oxygens (including phenoxy) is 11. The van der Waals surface area contributed by atoms with Crippen molar-refractivity contribution in [3.05, 3.63) is 46.5 Å². The molecule has 0 bridgehead atoms. The van der Waals surface area contributed by atoms with Gasteiger partial charge in [0.25, 0.3) is 0 Å². The van der Waals surface area contributed by atoms with Crippen LogP contribution in [0.15, 0.2) is 24.3 Å². The molecule has 2 aromatic carbocycles. The molecule has 26 nitrogen and oxygen atoms in total. The first-order chi connectivity index (χ1) is 32.3. The molecule has 68 heavy (non-hydrogen) atoms. The van der Waals surface area contributed by atoms with E-state index in [2.05, 4.69) is 0 Å². The van der Waals surface area contributed by atoms with E-state index in [1.807, 2.05) is 0 Å². The third-order valence-electron chi connectivity index (χ3n) is 8.56. The lowest BCUT2D eigenvalue weighted by atomic mass is 9.97. The highest BCUT2D eigenvalue weighted by Gasteiger charge is 2.45. The molecule has 0 aliphatic carbocycles. The second-order valence-electron chi connectivity index (χ2n) is 13.5. The van der Waals surface area contributed by atoms with Crippen molar-refractivity contribution in [3.63, 3.8) is 0 Å². The predicted octanol–water partition coefficient (Wildman–Crippen LogP) is -1.71. The third-order valence-corrected chi connectivity index (χ3v) is 8.56. The molecule has 1 aliphatic rings. The van der Waals surface area contributed by atoms with Gasteiger partial charge in [0.15, 0.2) is 23.5 Å². The molecular weight excluding hydrogens is 912 g/mol. The molecule has 0 spiro atoms. The van der Waals surface area contributed by atoms with Gasteiger partial charge in [-0.1, -0.05) is 0 Å². The van der Waals surface area contributed by atoms with Crippen molar-refractivity contribution in [2.24, 2.45) is 28.9 Å². The molecular formula is C42H52N4O22. The topological polar surface area (TPSA) is 393 Å². The molecule has 1 saturated heterocycles. The Hall–Kier alpha value is -7.07. The maximum absolute atomic E-state index is 12.8. The zero-order valence-corrected chi connectivity index (χ0v) is 37.4. The first kappa shape index (κ1) is 57.1.